The Morgan fingerprint density at radius 3 is 2.50 bits per heavy atom. The van der Waals surface area contributed by atoms with Crippen LogP contribution < -0.4 is 0 Å². The number of carbonyl (C=O) groups excluding carboxylic acids is 1. The number of ether oxygens (including phenoxy) is 2. The van der Waals surface area contributed by atoms with Gasteiger partial charge in [0.15, 0.2) is 0 Å². The third kappa shape index (κ3) is 6.07. The van der Waals surface area contributed by atoms with Gasteiger partial charge in [0.1, 0.15) is 6.61 Å². The molecule has 24 heavy (non-hydrogen) atoms. The predicted octanol–water partition coefficient (Wildman–Crippen LogP) is 2.35. The Morgan fingerprint density at radius 2 is 1.92 bits per heavy atom. The molecule has 1 aromatic rings. The minimum Gasteiger partial charge on any atom is -0.438 e. The summed E-state index contributed by atoms with van der Waals surface area (Å²) in [5, 5.41) is 0. The summed E-state index contributed by atoms with van der Waals surface area (Å²) < 4.78 is 35.7. The summed E-state index contributed by atoms with van der Waals surface area (Å²) in [5.74, 6) is 5.45. The van der Waals surface area contributed by atoms with Gasteiger partial charge in [-0.05, 0) is 32.1 Å². The topological polar surface area (TPSA) is 72.9 Å². The lowest BCUT2D eigenvalue weighted by Crippen LogP contribution is -2.31. The second-order valence-corrected chi connectivity index (χ2v) is 6.71. The van der Waals surface area contributed by atoms with E-state index in [2.05, 4.69) is 16.6 Å². The molecule has 0 saturated carbocycles. The summed E-state index contributed by atoms with van der Waals surface area (Å²) in [5.41, 5.74) is 0.980. The van der Waals surface area contributed by atoms with E-state index in [0.717, 1.165) is 5.56 Å². The van der Waals surface area contributed by atoms with Gasteiger partial charge in [-0.3, -0.25) is 0 Å². The summed E-state index contributed by atoms with van der Waals surface area (Å²) in [4.78, 5) is 11.0. The Hall–Kier alpha value is -2.30. The smallest absolute Gasteiger partial charge is 0.438 e. The van der Waals surface area contributed by atoms with Crippen LogP contribution in [0.3, 0.4) is 0 Å². The Morgan fingerprint density at radius 1 is 1.25 bits per heavy atom. The summed E-state index contributed by atoms with van der Waals surface area (Å²) in [7, 11) is -2.44. The first kappa shape index (κ1) is 19.7. The minimum atomic E-state index is -3.65. The fraction of sp³-hybridized carbons (Fsp3) is 0.353. The first-order chi connectivity index (χ1) is 11.4. The number of benzene rings is 1. The van der Waals surface area contributed by atoms with Crippen LogP contribution in [0.5, 0.6) is 0 Å². The number of nitrogens with zero attached hydrogens (tertiary/aromatic N) is 1. The molecule has 7 heteroatoms. The lowest BCUT2D eigenvalue weighted by atomic mass is 10.2. The Kier molecular flexibility index (Phi) is 8.02. The number of hydrogen-bond acceptors (Lipinski definition) is 5. The SMILES string of the molecule is CC#CCN(C/C=C/COC(=O)OC)S(=O)(=O)c1ccc(C)cc1. The molecule has 0 bridgehead atoms. The Balaban J connectivity index is 2.83. The maximum atomic E-state index is 12.7. The van der Waals surface area contributed by atoms with Crippen LogP contribution in [0.4, 0.5) is 4.79 Å². The van der Waals surface area contributed by atoms with Gasteiger partial charge in [0.05, 0.1) is 18.6 Å². The molecular weight excluding hydrogens is 330 g/mol. The van der Waals surface area contributed by atoms with Crippen LogP contribution in [-0.4, -0.2) is 45.7 Å². The molecule has 0 aromatic heterocycles. The molecule has 0 N–H and O–H groups in total. The zero-order valence-electron chi connectivity index (χ0n) is 14.0. The molecule has 6 nitrogen and oxygen atoms in total. The third-order valence-electron chi connectivity index (χ3n) is 3.03. The quantitative estimate of drug-likeness (QED) is 0.428. The summed E-state index contributed by atoms with van der Waals surface area (Å²) in [6.45, 7) is 3.74. The highest BCUT2D eigenvalue weighted by atomic mass is 32.2. The lowest BCUT2D eigenvalue weighted by Gasteiger charge is -2.18. The highest BCUT2D eigenvalue weighted by Gasteiger charge is 2.22. The molecule has 0 heterocycles. The van der Waals surface area contributed by atoms with Gasteiger partial charge >= 0.3 is 6.16 Å². The largest absolute Gasteiger partial charge is 0.508 e. The van der Waals surface area contributed by atoms with E-state index in [0.29, 0.717) is 0 Å². The number of aryl methyl sites for hydroxylation is 1. The molecule has 0 atom stereocenters. The summed E-state index contributed by atoms with van der Waals surface area (Å²) >= 11 is 0. The van der Waals surface area contributed by atoms with Crippen LogP contribution in [0, 0.1) is 18.8 Å². The van der Waals surface area contributed by atoms with Crippen molar-refractivity contribution in [2.24, 2.45) is 0 Å². The van der Waals surface area contributed by atoms with Gasteiger partial charge in [0, 0.05) is 6.54 Å². The third-order valence-corrected chi connectivity index (χ3v) is 4.86. The Labute approximate surface area is 143 Å². The van der Waals surface area contributed by atoms with Crippen LogP contribution in [-0.2, 0) is 19.5 Å². The standard InChI is InChI=1S/C17H21NO5S/c1-4-5-12-18(13-6-7-14-23-17(19)22-3)24(20,21)16-10-8-15(2)9-11-16/h6-11H,12-14H2,1-3H3/b7-6+. The maximum absolute atomic E-state index is 12.7. The van der Waals surface area contributed by atoms with Crippen molar-refractivity contribution in [2.45, 2.75) is 18.7 Å². The van der Waals surface area contributed by atoms with Gasteiger partial charge in [0.25, 0.3) is 0 Å². The van der Waals surface area contributed by atoms with E-state index in [-0.39, 0.29) is 24.6 Å². The molecule has 130 valence electrons. The average molecular weight is 351 g/mol. The van der Waals surface area contributed by atoms with Crippen LogP contribution in [0.15, 0.2) is 41.3 Å². The van der Waals surface area contributed by atoms with Gasteiger partial charge in [-0.1, -0.05) is 29.7 Å². The first-order valence-corrected chi connectivity index (χ1v) is 8.68. The predicted molar refractivity (Wildman–Crippen MR) is 90.9 cm³/mol. The summed E-state index contributed by atoms with van der Waals surface area (Å²) in [6.07, 6.45) is 2.36. The second kappa shape index (κ2) is 9.75. The van der Waals surface area contributed by atoms with Gasteiger partial charge in [-0.25, -0.2) is 13.2 Å². The van der Waals surface area contributed by atoms with Gasteiger partial charge in [0.2, 0.25) is 10.0 Å². The maximum Gasteiger partial charge on any atom is 0.508 e. The fourth-order valence-corrected chi connectivity index (χ4v) is 3.00. The van der Waals surface area contributed by atoms with Crippen LogP contribution in [0.2, 0.25) is 0 Å². The molecule has 0 aliphatic heterocycles. The molecule has 1 rings (SSSR count). The molecule has 0 spiro atoms. The number of methoxy groups -OCH3 is 1. The van der Waals surface area contributed by atoms with Crippen molar-refractivity contribution < 1.29 is 22.7 Å². The van der Waals surface area contributed by atoms with Crippen molar-refractivity contribution in [3.8, 4) is 11.8 Å². The number of sulfonamides is 1. The molecule has 0 amide bonds. The van der Waals surface area contributed by atoms with E-state index in [1.165, 1.54) is 11.4 Å². The molecule has 0 saturated heterocycles. The molecule has 0 aliphatic carbocycles. The van der Waals surface area contributed by atoms with Crippen molar-refractivity contribution in [3.63, 3.8) is 0 Å². The van der Waals surface area contributed by atoms with Crippen LogP contribution in [0.1, 0.15) is 12.5 Å². The summed E-state index contributed by atoms with van der Waals surface area (Å²) in [6, 6.07) is 6.63. The first-order valence-electron chi connectivity index (χ1n) is 7.24. The van der Waals surface area contributed by atoms with Crippen molar-refractivity contribution >= 4 is 16.2 Å². The zero-order chi connectivity index (χ0) is 18.0. The number of rotatable bonds is 7. The van der Waals surface area contributed by atoms with E-state index in [9.17, 15) is 13.2 Å². The van der Waals surface area contributed by atoms with Crippen LogP contribution in [0.25, 0.3) is 0 Å². The van der Waals surface area contributed by atoms with E-state index in [1.54, 1.807) is 43.3 Å². The molecule has 0 unspecified atom stereocenters. The molecule has 0 aliphatic rings. The van der Waals surface area contributed by atoms with Crippen molar-refractivity contribution in [2.75, 3.05) is 26.8 Å². The normalized spacial score (nSPS) is 11.2. The zero-order valence-corrected chi connectivity index (χ0v) is 14.8. The second-order valence-electron chi connectivity index (χ2n) is 4.77. The average Bonchev–Trinajstić information content (AvgIpc) is 2.57. The van der Waals surface area contributed by atoms with E-state index in [4.69, 9.17) is 4.74 Å². The Bertz CT molecular complexity index is 726. The highest BCUT2D eigenvalue weighted by Crippen LogP contribution is 2.16. The van der Waals surface area contributed by atoms with Crippen molar-refractivity contribution in [1.82, 2.24) is 4.31 Å². The van der Waals surface area contributed by atoms with E-state index < -0.39 is 16.2 Å². The number of carbonyl (C=O) groups is 1. The lowest BCUT2D eigenvalue weighted by molar-refractivity contribution is 0.0817. The molecular formula is C17H21NO5S. The van der Waals surface area contributed by atoms with Gasteiger partial charge < -0.3 is 9.47 Å². The number of hydrogen-bond donors (Lipinski definition) is 0. The highest BCUT2D eigenvalue weighted by molar-refractivity contribution is 7.89. The van der Waals surface area contributed by atoms with Crippen molar-refractivity contribution in [3.05, 3.63) is 42.0 Å². The van der Waals surface area contributed by atoms with Crippen molar-refractivity contribution in [1.29, 1.82) is 0 Å². The van der Waals surface area contributed by atoms with Gasteiger partial charge in [-0.15, -0.1) is 5.92 Å². The monoisotopic (exact) mass is 351 g/mol. The molecule has 0 radical (unpaired) electrons. The minimum absolute atomic E-state index is 0.00451. The molecule has 0 fully saturated rings. The fourth-order valence-electron chi connectivity index (χ4n) is 1.71. The van der Waals surface area contributed by atoms with E-state index in [1.807, 2.05) is 6.92 Å². The van der Waals surface area contributed by atoms with Crippen LogP contribution >= 0.6 is 0 Å². The van der Waals surface area contributed by atoms with E-state index >= 15 is 0 Å². The molecule has 1 aromatic carbocycles. The van der Waals surface area contributed by atoms with Gasteiger partial charge in [-0.2, -0.15) is 4.31 Å².